The van der Waals surface area contributed by atoms with E-state index in [0.29, 0.717) is 6.42 Å². The summed E-state index contributed by atoms with van der Waals surface area (Å²) >= 11 is 0. The molecule has 0 aromatic heterocycles. The molecule has 0 saturated carbocycles. The van der Waals surface area contributed by atoms with Gasteiger partial charge in [0.2, 0.25) is 5.91 Å². The van der Waals surface area contributed by atoms with E-state index in [2.05, 4.69) is 26.1 Å². The summed E-state index contributed by atoms with van der Waals surface area (Å²) in [4.78, 5) is 11.8. The van der Waals surface area contributed by atoms with E-state index in [-0.39, 0.29) is 29.5 Å². The van der Waals surface area contributed by atoms with Gasteiger partial charge in [0.05, 0.1) is 12.1 Å². The van der Waals surface area contributed by atoms with Gasteiger partial charge in [-0.25, -0.2) is 0 Å². The average molecular weight is 242 g/mol. The molecular formula is C13H26N2O2. The molecule has 1 rings (SSSR count). The number of carbonyl (C=O) groups is 1. The Labute approximate surface area is 104 Å². The Morgan fingerprint density at radius 2 is 2.18 bits per heavy atom. The molecule has 1 fully saturated rings. The highest BCUT2D eigenvalue weighted by molar-refractivity contribution is 5.77. The zero-order chi connectivity index (χ0) is 13.1. The maximum absolute atomic E-state index is 11.8. The Hall–Kier alpha value is -0.610. The van der Waals surface area contributed by atoms with Crippen molar-refractivity contribution in [2.75, 3.05) is 6.61 Å². The molecule has 0 spiro atoms. The summed E-state index contributed by atoms with van der Waals surface area (Å²) in [5.74, 6) is 0.0455. The second-order valence-corrected chi connectivity index (χ2v) is 6.27. The summed E-state index contributed by atoms with van der Waals surface area (Å²) in [6.07, 6.45) is 2.29. The molecule has 4 nitrogen and oxygen atoms in total. The molecule has 0 aliphatic carbocycles. The van der Waals surface area contributed by atoms with Crippen LogP contribution in [0.2, 0.25) is 0 Å². The molecule has 1 aliphatic rings. The second-order valence-electron chi connectivity index (χ2n) is 6.27. The first-order valence-corrected chi connectivity index (χ1v) is 6.44. The first kappa shape index (κ1) is 14.5. The van der Waals surface area contributed by atoms with Crippen molar-refractivity contribution in [1.29, 1.82) is 0 Å². The fourth-order valence-corrected chi connectivity index (χ4v) is 2.28. The molecule has 1 amide bonds. The summed E-state index contributed by atoms with van der Waals surface area (Å²) in [7, 11) is 0. The van der Waals surface area contributed by atoms with Crippen LogP contribution in [-0.2, 0) is 9.53 Å². The van der Waals surface area contributed by atoms with Gasteiger partial charge < -0.3 is 15.8 Å². The van der Waals surface area contributed by atoms with Crippen LogP contribution in [0.5, 0.6) is 0 Å². The van der Waals surface area contributed by atoms with Crippen molar-refractivity contribution in [3.63, 3.8) is 0 Å². The van der Waals surface area contributed by atoms with Crippen LogP contribution in [-0.4, -0.2) is 30.7 Å². The number of nitrogens with one attached hydrogen (secondary N) is 1. The van der Waals surface area contributed by atoms with Gasteiger partial charge >= 0.3 is 0 Å². The molecular weight excluding hydrogens is 216 g/mol. The monoisotopic (exact) mass is 242 g/mol. The molecule has 0 bridgehead atoms. The highest BCUT2D eigenvalue weighted by Gasteiger charge is 2.26. The van der Waals surface area contributed by atoms with E-state index in [1.165, 1.54) is 0 Å². The fourth-order valence-electron chi connectivity index (χ4n) is 2.28. The predicted octanol–water partition coefficient (Wildman–Crippen LogP) is 1.43. The Bertz CT molecular complexity index is 261. The minimum absolute atomic E-state index is 0.0455. The first-order valence-electron chi connectivity index (χ1n) is 6.44. The number of nitrogens with two attached hydrogens (primary N) is 1. The lowest BCUT2D eigenvalue weighted by Crippen LogP contribution is -2.42. The molecule has 1 heterocycles. The number of ether oxygens (including phenoxy) is 1. The van der Waals surface area contributed by atoms with Gasteiger partial charge in [-0.1, -0.05) is 20.8 Å². The maximum atomic E-state index is 11.8. The van der Waals surface area contributed by atoms with Crippen LogP contribution >= 0.6 is 0 Å². The van der Waals surface area contributed by atoms with Crippen molar-refractivity contribution in [3.8, 4) is 0 Å². The van der Waals surface area contributed by atoms with Gasteiger partial charge in [0.1, 0.15) is 0 Å². The Morgan fingerprint density at radius 3 is 2.65 bits per heavy atom. The lowest BCUT2D eigenvalue weighted by Gasteiger charge is -2.23. The minimum Gasteiger partial charge on any atom is -0.376 e. The Kier molecular flexibility index (Phi) is 4.95. The van der Waals surface area contributed by atoms with Crippen LogP contribution in [0.1, 0.15) is 47.0 Å². The fraction of sp³-hybridized carbons (Fsp3) is 0.923. The van der Waals surface area contributed by atoms with Crippen LogP contribution < -0.4 is 11.1 Å². The van der Waals surface area contributed by atoms with Crippen molar-refractivity contribution >= 4 is 5.91 Å². The number of rotatable bonds is 4. The molecule has 4 heteroatoms. The summed E-state index contributed by atoms with van der Waals surface area (Å²) in [5, 5.41) is 3.00. The van der Waals surface area contributed by atoms with Gasteiger partial charge in [-0.2, -0.15) is 0 Å². The van der Waals surface area contributed by atoms with Crippen molar-refractivity contribution < 1.29 is 9.53 Å². The lowest BCUT2D eigenvalue weighted by atomic mass is 9.87. The van der Waals surface area contributed by atoms with Crippen LogP contribution in [0.3, 0.4) is 0 Å². The van der Waals surface area contributed by atoms with E-state index in [0.717, 1.165) is 19.4 Å². The molecule has 1 aliphatic heterocycles. The van der Waals surface area contributed by atoms with Crippen LogP contribution in [0, 0.1) is 5.41 Å². The molecule has 0 radical (unpaired) electrons. The van der Waals surface area contributed by atoms with E-state index < -0.39 is 0 Å². The van der Waals surface area contributed by atoms with Gasteiger partial charge in [-0.3, -0.25) is 4.79 Å². The smallest absolute Gasteiger partial charge is 0.221 e. The SMILES string of the molecule is CC1OCCC1NC(=O)CC(N)CC(C)(C)C. The molecule has 17 heavy (non-hydrogen) atoms. The van der Waals surface area contributed by atoms with E-state index in [1.807, 2.05) is 6.92 Å². The van der Waals surface area contributed by atoms with Gasteiger partial charge in [0.15, 0.2) is 0 Å². The van der Waals surface area contributed by atoms with E-state index in [4.69, 9.17) is 10.5 Å². The predicted molar refractivity (Wildman–Crippen MR) is 68.6 cm³/mol. The van der Waals surface area contributed by atoms with E-state index in [1.54, 1.807) is 0 Å². The summed E-state index contributed by atoms with van der Waals surface area (Å²) in [5.41, 5.74) is 6.15. The zero-order valence-corrected chi connectivity index (χ0v) is 11.5. The van der Waals surface area contributed by atoms with E-state index >= 15 is 0 Å². The normalized spacial score (nSPS) is 26.9. The molecule has 1 saturated heterocycles. The highest BCUT2D eigenvalue weighted by Crippen LogP contribution is 2.21. The van der Waals surface area contributed by atoms with Crippen LogP contribution in [0.4, 0.5) is 0 Å². The standard InChI is InChI=1S/C13H26N2O2/c1-9-11(5-6-17-9)15-12(16)7-10(14)8-13(2,3)4/h9-11H,5-8,14H2,1-4H3,(H,15,16). The number of carbonyl (C=O) groups excluding carboxylic acids is 1. The van der Waals surface area contributed by atoms with Gasteiger partial charge in [-0.15, -0.1) is 0 Å². The number of hydrogen-bond donors (Lipinski definition) is 2. The topological polar surface area (TPSA) is 64.3 Å². The third-order valence-corrected chi connectivity index (χ3v) is 3.04. The Balaban J connectivity index is 2.29. The van der Waals surface area contributed by atoms with Gasteiger partial charge in [0.25, 0.3) is 0 Å². The lowest BCUT2D eigenvalue weighted by molar-refractivity contribution is -0.122. The van der Waals surface area contributed by atoms with Gasteiger partial charge in [0, 0.05) is 19.1 Å². The van der Waals surface area contributed by atoms with Crippen molar-refractivity contribution in [1.82, 2.24) is 5.32 Å². The van der Waals surface area contributed by atoms with E-state index in [9.17, 15) is 4.79 Å². The molecule has 0 aromatic carbocycles. The molecule has 3 unspecified atom stereocenters. The minimum atomic E-state index is -0.0624. The third kappa shape index (κ3) is 5.50. The first-order chi connectivity index (χ1) is 7.78. The van der Waals surface area contributed by atoms with Crippen LogP contribution in [0.25, 0.3) is 0 Å². The van der Waals surface area contributed by atoms with Crippen molar-refractivity contribution in [2.45, 2.75) is 65.1 Å². The quantitative estimate of drug-likeness (QED) is 0.784. The summed E-state index contributed by atoms with van der Waals surface area (Å²) < 4.78 is 5.41. The number of amides is 1. The Morgan fingerprint density at radius 1 is 1.53 bits per heavy atom. The van der Waals surface area contributed by atoms with Gasteiger partial charge in [-0.05, 0) is 25.2 Å². The molecule has 100 valence electrons. The second kappa shape index (κ2) is 5.83. The molecule has 3 atom stereocenters. The third-order valence-electron chi connectivity index (χ3n) is 3.04. The average Bonchev–Trinajstić information content (AvgIpc) is 2.47. The highest BCUT2D eigenvalue weighted by atomic mass is 16.5. The summed E-state index contributed by atoms with van der Waals surface area (Å²) in [6, 6.07) is 0.0944. The largest absolute Gasteiger partial charge is 0.376 e. The summed E-state index contributed by atoms with van der Waals surface area (Å²) in [6.45, 7) is 9.14. The zero-order valence-electron chi connectivity index (χ0n) is 11.5. The molecule has 0 aromatic rings. The molecule has 3 N–H and O–H groups in total. The maximum Gasteiger partial charge on any atom is 0.221 e. The van der Waals surface area contributed by atoms with Crippen molar-refractivity contribution in [2.24, 2.45) is 11.1 Å². The van der Waals surface area contributed by atoms with Crippen molar-refractivity contribution in [3.05, 3.63) is 0 Å². The number of hydrogen-bond acceptors (Lipinski definition) is 3. The van der Waals surface area contributed by atoms with Crippen LogP contribution in [0.15, 0.2) is 0 Å².